The summed E-state index contributed by atoms with van der Waals surface area (Å²) in [5.41, 5.74) is 1.02. The van der Waals surface area contributed by atoms with E-state index in [1.54, 1.807) is 0 Å². The fraction of sp³-hybridized carbons (Fsp3) is 0.143. The van der Waals surface area contributed by atoms with Crippen molar-refractivity contribution in [1.29, 1.82) is 0 Å². The molecule has 2 rings (SSSR count). The summed E-state index contributed by atoms with van der Waals surface area (Å²) in [5, 5.41) is 0. The Bertz CT molecular complexity index is 690. The second-order valence-electron chi connectivity index (χ2n) is 4.21. The number of rotatable bonds is 5. The minimum absolute atomic E-state index is 0.224. The van der Waals surface area contributed by atoms with Crippen molar-refractivity contribution >= 4 is 26.0 Å². The van der Waals surface area contributed by atoms with Crippen LogP contribution in [-0.4, -0.2) is 15.0 Å². The van der Waals surface area contributed by atoms with Crippen molar-refractivity contribution in [2.24, 2.45) is 0 Å². The number of hydrogen-bond acceptors (Lipinski definition) is 2. The third-order valence-electron chi connectivity index (χ3n) is 2.73. The van der Waals surface area contributed by atoms with Gasteiger partial charge < -0.3 is 0 Å². The standard InChI is InChI=1S/C14H13BrFNO2S/c15-12-6-7-14(13(16)10-12)20(18,19)17-9-8-11-4-2-1-3-5-11/h1-7,10,17H,8-9H2. The third-order valence-corrected chi connectivity index (χ3v) is 4.72. The zero-order valence-corrected chi connectivity index (χ0v) is 12.9. The molecule has 0 aliphatic carbocycles. The van der Waals surface area contributed by atoms with Crippen LogP contribution in [0.15, 0.2) is 57.9 Å². The number of nitrogens with one attached hydrogen (secondary N) is 1. The van der Waals surface area contributed by atoms with Gasteiger partial charge in [-0.2, -0.15) is 0 Å². The molecule has 0 aliphatic rings. The van der Waals surface area contributed by atoms with E-state index in [4.69, 9.17) is 0 Å². The maximum Gasteiger partial charge on any atom is 0.243 e. The largest absolute Gasteiger partial charge is 0.243 e. The maximum absolute atomic E-state index is 13.6. The van der Waals surface area contributed by atoms with Crippen molar-refractivity contribution < 1.29 is 12.8 Å². The summed E-state index contributed by atoms with van der Waals surface area (Å²) in [6.07, 6.45) is 0.554. The number of sulfonamides is 1. The van der Waals surface area contributed by atoms with E-state index in [-0.39, 0.29) is 11.4 Å². The molecule has 2 aromatic rings. The van der Waals surface area contributed by atoms with Crippen molar-refractivity contribution in [2.75, 3.05) is 6.54 Å². The Morgan fingerprint density at radius 3 is 2.45 bits per heavy atom. The average molecular weight is 358 g/mol. The van der Waals surface area contributed by atoms with Gasteiger partial charge in [0.15, 0.2) is 0 Å². The molecule has 0 aliphatic heterocycles. The first-order valence-electron chi connectivity index (χ1n) is 5.98. The Balaban J connectivity index is 2.04. The van der Waals surface area contributed by atoms with E-state index in [1.807, 2.05) is 30.3 Å². The monoisotopic (exact) mass is 357 g/mol. The van der Waals surface area contributed by atoms with Crippen LogP contribution in [0, 0.1) is 5.82 Å². The van der Waals surface area contributed by atoms with Crippen molar-refractivity contribution in [3.05, 3.63) is 64.4 Å². The molecule has 106 valence electrons. The van der Waals surface area contributed by atoms with Gasteiger partial charge in [0.05, 0.1) is 0 Å². The van der Waals surface area contributed by atoms with Crippen molar-refractivity contribution in [3.8, 4) is 0 Å². The molecular weight excluding hydrogens is 345 g/mol. The van der Waals surface area contributed by atoms with E-state index in [9.17, 15) is 12.8 Å². The van der Waals surface area contributed by atoms with Crippen LogP contribution in [0.25, 0.3) is 0 Å². The normalized spacial score (nSPS) is 11.5. The molecule has 1 N–H and O–H groups in total. The first-order valence-corrected chi connectivity index (χ1v) is 8.25. The molecule has 0 amide bonds. The highest BCUT2D eigenvalue weighted by molar-refractivity contribution is 9.10. The summed E-state index contributed by atoms with van der Waals surface area (Å²) in [7, 11) is -3.82. The van der Waals surface area contributed by atoms with Gasteiger partial charge in [-0.1, -0.05) is 46.3 Å². The van der Waals surface area contributed by atoms with Crippen LogP contribution < -0.4 is 4.72 Å². The molecule has 0 aromatic heterocycles. The summed E-state index contributed by atoms with van der Waals surface area (Å²) in [6.45, 7) is 0.224. The average Bonchev–Trinajstić information content (AvgIpc) is 2.39. The van der Waals surface area contributed by atoms with E-state index in [0.717, 1.165) is 11.6 Å². The minimum Gasteiger partial charge on any atom is -0.211 e. The van der Waals surface area contributed by atoms with Gasteiger partial charge >= 0.3 is 0 Å². The van der Waals surface area contributed by atoms with Crippen LogP contribution in [0.3, 0.4) is 0 Å². The Labute approximate surface area is 126 Å². The van der Waals surface area contributed by atoms with Crippen LogP contribution >= 0.6 is 15.9 Å². The summed E-state index contributed by atoms with van der Waals surface area (Å²) in [5.74, 6) is -0.772. The fourth-order valence-corrected chi connectivity index (χ4v) is 3.17. The molecule has 20 heavy (non-hydrogen) atoms. The topological polar surface area (TPSA) is 46.2 Å². The molecule has 0 heterocycles. The van der Waals surface area contributed by atoms with E-state index < -0.39 is 15.8 Å². The Morgan fingerprint density at radius 2 is 1.80 bits per heavy atom. The Morgan fingerprint density at radius 1 is 1.10 bits per heavy atom. The minimum atomic E-state index is -3.82. The zero-order valence-electron chi connectivity index (χ0n) is 10.5. The van der Waals surface area contributed by atoms with Gasteiger partial charge in [0.25, 0.3) is 0 Å². The molecular formula is C14H13BrFNO2S. The van der Waals surface area contributed by atoms with E-state index >= 15 is 0 Å². The van der Waals surface area contributed by atoms with Gasteiger partial charge in [0, 0.05) is 11.0 Å². The predicted octanol–water partition coefficient (Wildman–Crippen LogP) is 3.11. The van der Waals surface area contributed by atoms with Gasteiger partial charge in [-0.3, -0.25) is 0 Å². The quantitative estimate of drug-likeness (QED) is 0.893. The number of halogens is 2. The number of hydrogen-bond donors (Lipinski definition) is 1. The zero-order chi connectivity index (χ0) is 14.6. The maximum atomic E-state index is 13.6. The lowest BCUT2D eigenvalue weighted by atomic mass is 10.2. The van der Waals surface area contributed by atoms with Gasteiger partial charge in [-0.15, -0.1) is 0 Å². The predicted molar refractivity (Wildman–Crippen MR) is 79.4 cm³/mol. The molecule has 0 radical (unpaired) electrons. The number of benzene rings is 2. The van der Waals surface area contributed by atoms with Crippen LogP contribution in [0.1, 0.15) is 5.56 Å². The molecule has 2 aromatic carbocycles. The molecule has 0 saturated carbocycles. The second-order valence-corrected chi connectivity index (χ2v) is 6.86. The summed E-state index contributed by atoms with van der Waals surface area (Å²) < 4.78 is 40.5. The molecule has 3 nitrogen and oxygen atoms in total. The van der Waals surface area contributed by atoms with Crippen molar-refractivity contribution in [1.82, 2.24) is 4.72 Å². The van der Waals surface area contributed by atoms with Crippen LogP contribution in [0.5, 0.6) is 0 Å². The highest BCUT2D eigenvalue weighted by Gasteiger charge is 2.18. The lowest BCUT2D eigenvalue weighted by Crippen LogP contribution is -2.26. The van der Waals surface area contributed by atoms with Crippen molar-refractivity contribution in [3.63, 3.8) is 0 Å². The van der Waals surface area contributed by atoms with Crippen molar-refractivity contribution in [2.45, 2.75) is 11.3 Å². The molecule has 6 heteroatoms. The van der Waals surface area contributed by atoms with Gasteiger partial charge in [-0.05, 0) is 30.2 Å². The Kier molecular flexibility index (Phi) is 4.91. The SMILES string of the molecule is O=S(=O)(NCCc1ccccc1)c1ccc(Br)cc1F. The van der Waals surface area contributed by atoms with E-state index in [1.165, 1.54) is 12.1 Å². The summed E-state index contributed by atoms with van der Waals surface area (Å²) >= 11 is 3.09. The molecule has 0 saturated heterocycles. The fourth-order valence-electron chi connectivity index (χ4n) is 1.75. The third kappa shape index (κ3) is 3.88. The van der Waals surface area contributed by atoms with Gasteiger partial charge in [-0.25, -0.2) is 17.5 Å². The lowest BCUT2D eigenvalue weighted by Gasteiger charge is -2.08. The first-order chi connectivity index (χ1) is 9.49. The van der Waals surface area contributed by atoms with Crippen LogP contribution in [0.2, 0.25) is 0 Å². The smallest absolute Gasteiger partial charge is 0.211 e. The summed E-state index contributed by atoms with van der Waals surface area (Å²) in [4.78, 5) is -0.339. The second kappa shape index (κ2) is 6.47. The molecule has 0 fully saturated rings. The lowest BCUT2D eigenvalue weighted by molar-refractivity contribution is 0.556. The van der Waals surface area contributed by atoms with E-state index in [0.29, 0.717) is 10.9 Å². The van der Waals surface area contributed by atoms with E-state index in [2.05, 4.69) is 20.7 Å². The molecule has 0 bridgehead atoms. The highest BCUT2D eigenvalue weighted by atomic mass is 79.9. The summed E-state index contributed by atoms with van der Waals surface area (Å²) in [6, 6.07) is 13.4. The van der Waals surface area contributed by atoms with Crippen LogP contribution in [-0.2, 0) is 16.4 Å². The van der Waals surface area contributed by atoms with Gasteiger partial charge in [0.1, 0.15) is 10.7 Å². The van der Waals surface area contributed by atoms with Crippen LogP contribution in [0.4, 0.5) is 4.39 Å². The molecule has 0 atom stereocenters. The highest BCUT2D eigenvalue weighted by Crippen LogP contribution is 2.19. The Hall–Kier alpha value is -1.24. The molecule has 0 unspecified atom stereocenters. The first kappa shape index (κ1) is 15.2. The van der Waals surface area contributed by atoms with Gasteiger partial charge in [0.2, 0.25) is 10.0 Å². The molecule has 0 spiro atoms.